The molecule has 1 rings (SSSR count). The first-order valence-corrected chi connectivity index (χ1v) is 4.53. The van der Waals surface area contributed by atoms with E-state index < -0.39 is 5.97 Å². The second kappa shape index (κ2) is 5.08. The van der Waals surface area contributed by atoms with Crippen LogP contribution in [0.15, 0.2) is 6.20 Å². The van der Waals surface area contributed by atoms with Crippen LogP contribution in [0.1, 0.15) is 23.8 Å². The average Bonchev–Trinajstić information content (AvgIpc) is 2.63. The van der Waals surface area contributed by atoms with Crippen LogP contribution in [-0.4, -0.2) is 38.5 Å². The maximum absolute atomic E-state index is 11.2. The van der Waals surface area contributed by atoms with Gasteiger partial charge < -0.3 is 10.4 Å². The van der Waals surface area contributed by atoms with E-state index in [0.29, 0.717) is 6.54 Å². The van der Waals surface area contributed by atoms with E-state index in [1.165, 1.54) is 10.9 Å². The summed E-state index contributed by atoms with van der Waals surface area (Å²) in [7, 11) is 0. The number of rotatable bonds is 5. The number of carboxylic acid groups (broad SMARTS) is 1. The first kappa shape index (κ1) is 11.2. The number of carbonyl (C=O) groups is 2. The van der Waals surface area contributed by atoms with Crippen LogP contribution in [0.2, 0.25) is 0 Å². The second-order valence-electron chi connectivity index (χ2n) is 2.96. The van der Waals surface area contributed by atoms with Gasteiger partial charge in [-0.25, -0.2) is 9.48 Å². The highest BCUT2D eigenvalue weighted by Gasteiger charge is 2.09. The monoisotopic (exact) mass is 212 g/mol. The number of hydrogen-bond acceptors (Lipinski definition) is 4. The molecule has 0 aromatic carbocycles. The van der Waals surface area contributed by atoms with Crippen molar-refractivity contribution in [1.82, 2.24) is 20.3 Å². The Labute approximate surface area is 86.1 Å². The van der Waals surface area contributed by atoms with Crippen LogP contribution < -0.4 is 5.32 Å². The Morgan fingerprint density at radius 3 is 2.87 bits per heavy atom. The molecule has 15 heavy (non-hydrogen) atoms. The number of nitrogens with zero attached hydrogens (tertiary/aromatic N) is 3. The van der Waals surface area contributed by atoms with Gasteiger partial charge >= 0.3 is 5.97 Å². The molecule has 1 heterocycles. The molecule has 0 aliphatic rings. The molecule has 7 heteroatoms. The molecule has 82 valence electrons. The molecule has 0 saturated heterocycles. The van der Waals surface area contributed by atoms with E-state index >= 15 is 0 Å². The fourth-order valence-corrected chi connectivity index (χ4v) is 0.941. The molecule has 7 nitrogen and oxygen atoms in total. The molecule has 0 spiro atoms. The quantitative estimate of drug-likeness (QED) is 0.686. The topological polar surface area (TPSA) is 97.1 Å². The SMILES string of the molecule is CCCNC(=O)Cn1cc(C(=O)O)nn1. The molecule has 0 saturated carbocycles. The summed E-state index contributed by atoms with van der Waals surface area (Å²) in [6.07, 6.45) is 2.07. The zero-order valence-electron chi connectivity index (χ0n) is 8.30. The van der Waals surface area contributed by atoms with Gasteiger partial charge in [-0.3, -0.25) is 4.79 Å². The van der Waals surface area contributed by atoms with E-state index in [2.05, 4.69) is 15.6 Å². The Hall–Kier alpha value is -1.92. The molecule has 0 unspecified atom stereocenters. The summed E-state index contributed by atoms with van der Waals surface area (Å²) in [5, 5.41) is 18.1. The lowest BCUT2D eigenvalue weighted by Crippen LogP contribution is -2.28. The molecule has 0 radical (unpaired) electrons. The second-order valence-corrected chi connectivity index (χ2v) is 2.96. The molecule has 1 aromatic rings. The molecule has 0 atom stereocenters. The zero-order valence-corrected chi connectivity index (χ0v) is 8.30. The summed E-state index contributed by atoms with van der Waals surface area (Å²) in [4.78, 5) is 21.7. The minimum atomic E-state index is -1.16. The molecule has 1 amide bonds. The molecule has 1 aromatic heterocycles. The Bertz CT molecular complexity index is 361. The third kappa shape index (κ3) is 3.37. The number of nitrogens with one attached hydrogen (secondary N) is 1. The Kier molecular flexibility index (Phi) is 3.78. The predicted octanol–water partition coefficient (Wildman–Crippen LogP) is -0.498. The summed E-state index contributed by atoms with van der Waals surface area (Å²) in [6, 6.07) is 0. The smallest absolute Gasteiger partial charge is 0.358 e. The highest BCUT2D eigenvalue weighted by atomic mass is 16.4. The Morgan fingerprint density at radius 2 is 2.33 bits per heavy atom. The standard InChI is InChI=1S/C8H12N4O3/c1-2-3-9-7(13)5-12-4-6(8(14)15)10-11-12/h4H,2-3,5H2,1H3,(H,9,13)(H,14,15). The summed E-state index contributed by atoms with van der Waals surface area (Å²) in [5.41, 5.74) is -0.168. The molecule has 0 bridgehead atoms. The maximum Gasteiger partial charge on any atom is 0.358 e. The lowest BCUT2D eigenvalue weighted by Gasteiger charge is -2.01. The van der Waals surface area contributed by atoms with Gasteiger partial charge in [0.05, 0.1) is 6.20 Å². The van der Waals surface area contributed by atoms with Crippen LogP contribution in [0.3, 0.4) is 0 Å². The van der Waals surface area contributed by atoms with Gasteiger partial charge in [0.15, 0.2) is 5.69 Å². The molecule has 0 fully saturated rings. The highest BCUT2D eigenvalue weighted by molar-refractivity contribution is 5.84. The molecule has 2 N–H and O–H groups in total. The van der Waals surface area contributed by atoms with E-state index in [1.54, 1.807) is 0 Å². The van der Waals surface area contributed by atoms with Crippen molar-refractivity contribution in [2.24, 2.45) is 0 Å². The minimum absolute atomic E-state index is 0.0136. The fourth-order valence-electron chi connectivity index (χ4n) is 0.941. The van der Waals surface area contributed by atoms with Crippen LogP contribution in [0.5, 0.6) is 0 Å². The highest BCUT2D eigenvalue weighted by Crippen LogP contribution is 1.92. The summed E-state index contributed by atoms with van der Waals surface area (Å²) >= 11 is 0. The van der Waals surface area contributed by atoms with E-state index in [9.17, 15) is 9.59 Å². The predicted molar refractivity (Wildman–Crippen MR) is 50.3 cm³/mol. The number of hydrogen-bond donors (Lipinski definition) is 2. The van der Waals surface area contributed by atoms with Gasteiger partial charge in [0.1, 0.15) is 6.54 Å². The van der Waals surface area contributed by atoms with Crippen molar-refractivity contribution in [2.45, 2.75) is 19.9 Å². The summed E-state index contributed by atoms with van der Waals surface area (Å²) < 4.78 is 1.19. The number of amides is 1. The van der Waals surface area contributed by atoms with Gasteiger partial charge in [-0.2, -0.15) is 0 Å². The average molecular weight is 212 g/mol. The van der Waals surface area contributed by atoms with E-state index in [4.69, 9.17) is 5.11 Å². The first-order valence-electron chi connectivity index (χ1n) is 4.53. The summed E-state index contributed by atoms with van der Waals surface area (Å²) in [5.74, 6) is -1.37. The Balaban J connectivity index is 2.50. The van der Waals surface area contributed by atoms with Gasteiger partial charge in [-0.1, -0.05) is 12.1 Å². The number of aromatic nitrogens is 3. The fraction of sp³-hybridized carbons (Fsp3) is 0.500. The van der Waals surface area contributed by atoms with Crippen molar-refractivity contribution in [3.05, 3.63) is 11.9 Å². The van der Waals surface area contributed by atoms with Crippen LogP contribution in [0.25, 0.3) is 0 Å². The van der Waals surface area contributed by atoms with Crippen LogP contribution in [-0.2, 0) is 11.3 Å². The number of carboxylic acids is 1. The van der Waals surface area contributed by atoms with Crippen molar-refractivity contribution >= 4 is 11.9 Å². The maximum atomic E-state index is 11.2. The number of aromatic carboxylic acids is 1. The minimum Gasteiger partial charge on any atom is -0.476 e. The van der Waals surface area contributed by atoms with Gasteiger partial charge in [0.25, 0.3) is 0 Å². The molecule has 0 aliphatic carbocycles. The molecular weight excluding hydrogens is 200 g/mol. The van der Waals surface area contributed by atoms with Crippen molar-refractivity contribution < 1.29 is 14.7 Å². The van der Waals surface area contributed by atoms with Gasteiger partial charge in [0.2, 0.25) is 5.91 Å². The third-order valence-electron chi connectivity index (χ3n) is 1.64. The molecule has 0 aliphatic heterocycles. The first-order chi connectivity index (χ1) is 7.13. The lowest BCUT2D eigenvalue weighted by molar-refractivity contribution is -0.121. The molecular formula is C8H12N4O3. The normalized spacial score (nSPS) is 9.93. The van der Waals surface area contributed by atoms with Crippen LogP contribution in [0.4, 0.5) is 0 Å². The van der Waals surface area contributed by atoms with Gasteiger partial charge in [-0.15, -0.1) is 5.10 Å². The van der Waals surface area contributed by atoms with Gasteiger partial charge in [-0.05, 0) is 6.42 Å². The number of carbonyl (C=O) groups excluding carboxylic acids is 1. The van der Waals surface area contributed by atoms with E-state index in [-0.39, 0.29) is 18.1 Å². The van der Waals surface area contributed by atoms with E-state index in [0.717, 1.165) is 6.42 Å². The van der Waals surface area contributed by atoms with Crippen molar-refractivity contribution in [3.63, 3.8) is 0 Å². The Morgan fingerprint density at radius 1 is 1.60 bits per heavy atom. The van der Waals surface area contributed by atoms with Crippen molar-refractivity contribution in [3.8, 4) is 0 Å². The van der Waals surface area contributed by atoms with Crippen molar-refractivity contribution in [1.29, 1.82) is 0 Å². The summed E-state index contributed by atoms with van der Waals surface area (Å²) in [6.45, 7) is 2.53. The zero-order chi connectivity index (χ0) is 11.3. The van der Waals surface area contributed by atoms with Crippen molar-refractivity contribution in [2.75, 3.05) is 6.54 Å². The van der Waals surface area contributed by atoms with Gasteiger partial charge in [0, 0.05) is 6.54 Å². The van der Waals surface area contributed by atoms with Crippen LogP contribution >= 0.6 is 0 Å². The van der Waals surface area contributed by atoms with E-state index in [1.807, 2.05) is 6.92 Å². The van der Waals surface area contributed by atoms with Crippen LogP contribution in [0, 0.1) is 0 Å². The lowest BCUT2D eigenvalue weighted by atomic mass is 10.4. The largest absolute Gasteiger partial charge is 0.476 e. The third-order valence-corrected chi connectivity index (χ3v) is 1.64.